The molecule has 3 fully saturated rings. The molecule has 8 heteroatoms. The molecule has 8 nitrogen and oxygen atoms in total. The van der Waals surface area contributed by atoms with Gasteiger partial charge >= 0.3 is 6.09 Å². The second-order valence-corrected chi connectivity index (χ2v) is 12.3. The summed E-state index contributed by atoms with van der Waals surface area (Å²) in [5, 5.41) is 10.9. The van der Waals surface area contributed by atoms with E-state index >= 15 is 0 Å². The van der Waals surface area contributed by atoms with E-state index in [2.05, 4.69) is 16.7 Å². The van der Waals surface area contributed by atoms with Crippen LogP contribution in [0.2, 0.25) is 0 Å². The van der Waals surface area contributed by atoms with Crippen molar-refractivity contribution >= 4 is 17.5 Å². The zero-order valence-electron chi connectivity index (χ0n) is 21.9. The third-order valence-corrected chi connectivity index (χ3v) is 8.40. The summed E-state index contributed by atoms with van der Waals surface area (Å²) in [7, 11) is 0. The number of likely N-dealkylation sites (tertiary alicyclic amines) is 1. The lowest BCUT2D eigenvalue weighted by molar-refractivity contribution is -0.384. The van der Waals surface area contributed by atoms with Gasteiger partial charge in [0.05, 0.1) is 4.92 Å². The van der Waals surface area contributed by atoms with Crippen LogP contribution in [0.4, 0.5) is 16.2 Å². The summed E-state index contributed by atoms with van der Waals surface area (Å²) in [6.45, 7) is 15.0. The Balaban J connectivity index is 1.22. The summed E-state index contributed by atoms with van der Waals surface area (Å²) < 4.78 is 5.57. The molecule has 0 atom stereocenters. The second-order valence-electron chi connectivity index (χ2n) is 12.3. The molecule has 4 rings (SSSR count). The molecular weight excluding hydrogens is 444 g/mol. The van der Waals surface area contributed by atoms with Crippen molar-refractivity contribution in [3.63, 3.8) is 0 Å². The normalized spacial score (nSPS) is 22.7. The number of carbonyl (C=O) groups excluding carboxylic acids is 1. The highest BCUT2D eigenvalue weighted by Crippen LogP contribution is 2.51. The van der Waals surface area contributed by atoms with Crippen LogP contribution in [0, 0.1) is 20.9 Å². The number of hydrogen-bond acceptors (Lipinski definition) is 6. The Hall–Kier alpha value is -2.35. The quantitative estimate of drug-likeness (QED) is 0.424. The number of carbonyl (C=O) groups is 1. The molecule has 1 amide bonds. The summed E-state index contributed by atoms with van der Waals surface area (Å²) >= 11 is 0. The van der Waals surface area contributed by atoms with Gasteiger partial charge in [-0.1, -0.05) is 6.92 Å². The average Bonchev–Trinajstić information content (AvgIpc) is 2.81. The van der Waals surface area contributed by atoms with Gasteiger partial charge in [0.15, 0.2) is 0 Å². The molecule has 0 radical (unpaired) electrons. The molecule has 35 heavy (non-hydrogen) atoms. The Kier molecular flexibility index (Phi) is 7.32. The van der Waals surface area contributed by atoms with Gasteiger partial charge in [0.25, 0.3) is 5.69 Å². The Morgan fingerprint density at radius 1 is 0.943 bits per heavy atom. The number of hydrogen-bond donors (Lipinski definition) is 0. The number of nitro groups is 1. The van der Waals surface area contributed by atoms with Crippen LogP contribution in [0.3, 0.4) is 0 Å². The van der Waals surface area contributed by atoms with Crippen LogP contribution in [0.15, 0.2) is 24.3 Å². The average molecular weight is 487 g/mol. The summed E-state index contributed by atoms with van der Waals surface area (Å²) in [4.78, 5) is 29.8. The number of piperazine rings is 1. The third-order valence-electron chi connectivity index (χ3n) is 8.40. The van der Waals surface area contributed by atoms with Gasteiger partial charge in [-0.25, -0.2) is 4.79 Å². The van der Waals surface area contributed by atoms with Crippen LogP contribution >= 0.6 is 0 Å². The molecule has 2 aliphatic heterocycles. The molecular formula is C27H42N4O4. The molecule has 1 aromatic carbocycles. The molecule has 0 unspecified atom stereocenters. The van der Waals surface area contributed by atoms with E-state index in [4.69, 9.17) is 4.74 Å². The van der Waals surface area contributed by atoms with E-state index in [-0.39, 0.29) is 16.7 Å². The minimum atomic E-state index is -0.438. The first-order valence-electron chi connectivity index (χ1n) is 13.2. The lowest BCUT2D eigenvalue weighted by atomic mass is 9.61. The monoisotopic (exact) mass is 486 g/mol. The number of piperidine rings is 1. The van der Waals surface area contributed by atoms with Gasteiger partial charge in [0.1, 0.15) is 5.60 Å². The van der Waals surface area contributed by atoms with E-state index in [1.54, 1.807) is 12.1 Å². The molecule has 0 aromatic heterocycles. The van der Waals surface area contributed by atoms with Gasteiger partial charge in [-0.15, -0.1) is 0 Å². The maximum absolute atomic E-state index is 12.4. The van der Waals surface area contributed by atoms with Crippen LogP contribution in [-0.2, 0) is 4.74 Å². The van der Waals surface area contributed by atoms with Crippen molar-refractivity contribution in [3.05, 3.63) is 34.4 Å². The predicted octanol–water partition coefficient (Wildman–Crippen LogP) is 5.31. The van der Waals surface area contributed by atoms with E-state index in [0.717, 1.165) is 64.3 Å². The fourth-order valence-corrected chi connectivity index (χ4v) is 6.02. The molecule has 0 bridgehead atoms. The molecule has 2 heterocycles. The van der Waals surface area contributed by atoms with E-state index in [1.807, 2.05) is 37.8 Å². The second kappa shape index (κ2) is 9.96. The van der Waals surface area contributed by atoms with Gasteiger partial charge in [0.2, 0.25) is 0 Å². The maximum Gasteiger partial charge on any atom is 0.410 e. The number of anilines is 1. The molecule has 0 N–H and O–H groups in total. The van der Waals surface area contributed by atoms with Crippen molar-refractivity contribution in [1.82, 2.24) is 9.80 Å². The van der Waals surface area contributed by atoms with Gasteiger partial charge in [-0.05, 0) is 82.3 Å². The van der Waals surface area contributed by atoms with Gasteiger partial charge in [-0.3, -0.25) is 15.0 Å². The summed E-state index contributed by atoms with van der Waals surface area (Å²) in [6, 6.07) is 6.92. The van der Waals surface area contributed by atoms with Gasteiger partial charge in [-0.2, -0.15) is 0 Å². The number of non-ortho nitro benzene ring substituents is 1. The standard InChI is InChI=1S/C27H42N4O4/c1-25(2,3)35-24(32)30-15-13-27(14-16-30)11-9-26(4,10-12-27)21-28-17-19-29(20-18-28)22-5-7-23(8-6-22)31(33)34/h5-8H,9-21H2,1-4H3. The van der Waals surface area contributed by atoms with E-state index < -0.39 is 5.60 Å². The zero-order chi connectivity index (χ0) is 25.3. The molecule has 2 saturated heterocycles. The minimum Gasteiger partial charge on any atom is -0.444 e. The van der Waals surface area contributed by atoms with Gasteiger partial charge < -0.3 is 14.5 Å². The van der Waals surface area contributed by atoms with E-state index in [1.165, 1.54) is 25.7 Å². The SMILES string of the molecule is CC1(CN2CCN(c3ccc([N+](=O)[O-])cc3)CC2)CCC2(CCN(C(=O)OC(C)(C)C)CC2)CC1. The van der Waals surface area contributed by atoms with Crippen molar-refractivity contribution in [1.29, 1.82) is 0 Å². The minimum absolute atomic E-state index is 0.144. The topological polar surface area (TPSA) is 79.2 Å². The number of rotatable bonds is 4. The summed E-state index contributed by atoms with van der Waals surface area (Å²) in [5.41, 5.74) is 1.52. The highest BCUT2D eigenvalue weighted by molar-refractivity contribution is 5.68. The predicted molar refractivity (Wildman–Crippen MR) is 138 cm³/mol. The highest BCUT2D eigenvalue weighted by atomic mass is 16.6. The van der Waals surface area contributed by atoms with E-state index in [9.17, 15) is 14.9 Å². The molecule has 1 aromatic rings. The van der Waals surface area contributed by atoms with Crippen LogP contribution in [0.1, 0.15) is 66.2 Å². The molecule has 3 aliphatic rings. The van der Waals surface area contributed by atoms with Crippen LogP contribution < -0.4 is 4.90 Å². The first-order chi connectivity index (χ1) is 16.5. The molecule has 1 aliphatic carbocycles. The maximum atomic E-state index is 12.4. The molecule has 1 spiro atoms. The Labute approximate surface area is 209 Å². The molecule has 1 saturated carbocycles. The van der Waals surface area contributed by atoms with Crippen molar-refractivity contribution in [2.24, 2.45) is 10.8 Å². The number of ether oxygens (including phenoxy) is 1. The Morgan fingerprint density at radius 2 is 1.51 bits per heavy atom. The lowest BCUT2D eigenvalue weighted by Gasteiger charge is -2.50. The van der Waals surface area contributed by atoms with Crippen LogP contribution in [0.25, 0.3) is 0 Å². The first kappa shape index (κ1) is 25.7. The largest absolute Gasteiger partial charge is 0.444 e. The van der Waals surface area contributed by atoms with Crippen LogP contribution in [0.5, 0.6) is 0 Å². The van der Waals surface area contributed by atoms with Gasteiger partial charge in [0, 0.05) is 63.6 Å². The number of nitrogens with zero attached hydrogens (tertiary/aromatic N) is 4. The summed E-state index contributed by atoms with van der Waals surface area (Å²) in [6.07, 6.45) is 7.04. The number of benzene rings is 1. The molecule has 194 valence electrons. The number of amides is 1. The fraction of sp³-hybridized carbons (Fsp3) is 0.741. The van der Waals surface area contributed by atoms with Crippen molar-refractivity contribution in [2.75, 3.05) is 50.7 Å². The van der Waals surface area contributed by atoms with E-state index in [0.29, 0.717) is 10.8 Å². The number of nitro benzene ring substituents is 1. The van der Waals surface area contributed by atoms with Crippen LogP contribution in [-0.4, -0.2) is 72.2 Å². The van der Waals surface area contributed by atoms with Crippen molar-refractivity contribution < 1.29 is 14.5 Å². The fourth-order valence-electron chi connectivity index (χ4n) is 6.02. The smallest absolute Gasteiger partial charge is 0.410 e. The third kappa shape index (κ3) is 6.46. The Bertz CT molecular complexity index is 885. The highest BCUT2D eigenvalue weighted by Gasteiger charge is 2.43. The zero-order valence-corrected chi connectivity index (χ0v) is 21.9. The lowest BCUT2D eigenvalue weighted by Crippen LogP contribution is -2.51. The Morgan fingerprint density at radius 3 is 2.03 bits per heavy atom. The van der Waals surface area contributed by atoms with Crippen molar-refractivity contribution in [2.45, 2.75) is 71.8 Å². The van der Waals surface area contributed by atoms with Crippen molar-refractivity contribution in [3.8, 4) is 0 Å². The summed E-state index contributed by atoms with van der Waals surface area (Å²) in [5.74, 6) is 0. The first-order valence-corrected chi connectivity index (χ1v) is 13.2.